The minimum absolute atomic E-state index is 0.868. The van der Waals surface area contributed by atoms with Crippen LogP contribution >= 0.6 is 0 Å². The molecular formula is C54H33NO. The van der Waals surface area contributed by atoms with Gasteiger partial charge in [-0.25, -0.2) is 0 Å². The highest BCUT2D eigenvalue weighted by molar-refractivity contribution is 6.26. The van der Waals surface area contributed by atoms with E-state index in [2.05, 4.69) is 205 Å². The number of fused-ring (bicyclic) bond motifs is 14. The number of furan rings is 1. The highest BCUT2D eigenvalue weighted by Crippen LogP contribution is 2.44. The summed E-state index contributed by atoms with van der Waals surface area (Å²) in [6.45, 7) is 0. The number of anilines is 3. The molecule has 0 saturated carbocycles. The SMILES string of the molecule is c1cc(-c2cc3ccccc3c3ccccc23)cc(N(c2ccc3c(c2)oc2c4ccccc4ccc32)c2ccc3c4ccccc4c4ccccc4c3c2)c1. The zero-order valence-corrected chi connectivity index (χ0v) is 30.4. The molecule has 12 aromatic rings. The van der Waals surface area contributed by atoms with Crippen molar-refractivity contribution in [1.82, 2.24) is 0 Å². The molecule has 0 spiro atoms. The van der Waals surface area contributed by atoms with E-state index in [1.807, 2.05) is 0 Å². The van der Waals surface area contributed by atoms with Crippen LogP contribution in [0.2, 0.25) is 0 Å². The molecule has 1 heterocycles. The summed E-state index contributed by atoms with van der Waals surface area (Å²) in [7, 11) is 0. The predicted molar refractivity (Wildman–Crippen MR) is 239 cm³/mol. The molecule has 0 aliphatic heterocycles. The van der Waals surface area contributed by atoms with Crippen LogP contribution in [0.4, 0.5) is 17.1 Å². The first-order valence-electron chi connectivity index (χ1n) is 19.3. The largest absolute Gasteiger partial charge is 0.455 e. The van der Waals surface area contributed by atoms with Crippen molar-refractivity contribution >= 4 is 104 Å². The van der Waals surface area contributed by atoms with Crippen molar-refractivity contribution in [2.45, 2.75) is 0 Å². The molecule has 0 aliphatic carbocycles. The molecule has 2 nitrogen and oxygen atoms in total. The monoisotopic (exact) mass is 711 g/mol. The lowest BCUT2D eigenvalue weighted by molar-refractivity contribution is 0.672. The minimum atomic E-state index is 0.868. The average molecular weight is 712 g/mol. The van der Waals surface area contributed by atoms with Crippen LogP contribution in [-0.4, -0.2) is 0 Å². The van der Waals surface area contributed by atoms with E-state index >= 15 is 0 Å². The molecule has 0 saturated heterocycles. The van der Waals surface area contributed by atoms with Gasteiger partial charge in [0.05, 0.1) is 0 Å². The second-order valence-corrected chi connectivity index (χ2v) is 14.8. The Bertz CT molecular complexity index is 3520. The zero-order chi connectivity index (χ0) is 36.7. The fourth-order valence-electron chi connectivity index (χ4n) is 9.22. The van der Waals surface area contributed by atoms with E-state index in [-0.39, 0.29) is 0 Å². The van der Waals surface area contributed by atoms with Crippen molar-refractivity contribution in [3.05, 3.63) is 200 Å². The molecule has 0 atom stereocenters. The molecule has 56 heavy (non-hydrogen) atoms. The fraction of sp³-hybridized carbons (Fsp3) is 0. The number of benzene rings is 11. The summed E-state index contributed by atoms with van der Waals surface area (Å²) in [4.78, 5) is 2.39. The molecule has 0 fully saturated rings. The second-order valence-electron chi connectivity index (χ2n) is 14.8. The van der Waals surface area contributed by atoms with Gasteiger partial charge in [0.15, 0.2) is 0 Å². The standard InChI is InChI=1S/C54H33NO/c1-4-17-41-34(12-1)24-27-50-49-29-26-39(33-53(49)56-54(41)50)55(38-25-28-48-45-21-7-6-19-43(45)44-20-8-10-23-47(44)52(48)32-38)37-15-11-14-35(30-37)51-31-36-13-2-3-16-40(36)42-18-5-9-22-46(42)51/h1-33H. The Morgan fingerprint density at radius 1 is 0.286 bits per heavy atom. The van der Waals surface area contributed by atoms with E-state index in [4.69, 9.17) is 4.42 Å². The van der Waals surface area contributed by atoms with Gasteiger partial charge >= 0.3 is 0 Å². The average Bonchev–Trinajstić information content (AvgIpc) is 3.65. The number of hydrogen-bond acceptors (Lipinski definition) is 2. The summed E-state index contributed by atoms with van der Waals surface area (Å²) >= 11 is 0. The van der Waals surface area contributed by atoms with Crippen LogP contribution in [0.5, 0.6) is 0 Å². The Morgan fingerprint density at radius 2 is 0.804 bits per heavy atom. The van der Waals surface area contributed by atoms with Gasteiger partial charge in [0.1, 0.15) is 11.2 Å². The molecule has 1 aromatic heterocycles. The maximum absolute atomic E-state index is 6.76. The Balaban J connectivity index is 1.12. The van der Waals surface area contributed by atoms with Crippen LogP contribution in [0.1, 0.15) is 0 Å². The van der Waals surface area contributed by atoms with E-state index in [1.54, 1.807) is 0 Å². The predicted octanol–water partition coefficient (Wildman–Crippen LogP) is 15.6. The lowest BCUT2D eigenvalue weighted by atomic mass is 9.93. The topological polar surface area (TPSA) is 16.4 Å². The molecule has 0 radical (unpaired) electrons. The highest BCUT2D eigenvalue weighted by atomic mass is 16.3. The van der Waals surface area contributed by atoms with Crippen molar-refractivity contribution in [2.75, 3.05) is 4.90 Å². The number of rotatable bonds is 4. The van der Waals surface area contributed by atoms with Gasteiger partial charge < -0.3 is 9.32 Å². The maximum atomic E-state index is 6.76. The van der Waals surface area contributed by atoms with Crippen LogP contribution in [0.15, 0.2) is 205 Å². The molecule has 0 amide bonds. The fourth-order valence-corrected chi connectivity index (χ4v) is 9.22. The Labute approximate surface area is 323 Å². The van der Waals surface area contributed by atoms with E-state index < -0.39 is 0 Å². The molecule has 0 N–H and O–H groups in total. The third kappa shape index (κ3) is 4.63. The normalized spacial score (nSPS) is 11.9. The van der Waals surface area contributed by atoms with Crippen molar-refractivity contribution in [1.29, 1.82) is 0 Å². The second kappa shape index (κ2) is 12.0. The van der Waals surface area contributed by atoms with Gasteiger partial charge in [-0.1, -0.05) is 146 Å². The van der Waals surface area contributed by atoms with Gasteiger partial charge in [-0.2, -0.15) is 0 Å². The molecule has 260 valence electrons. The van der Waals surface area contributed by atoms with Gasteiger partial charge in [-0.05, 0) is 119 Å². The Kier molecular flexibility index (Phi) is 6.66. The van der Waals surface area contributed by atoms with Crippen LogP contribution < -0.4 is 4.90 Å². The summed E-state index contributed by atoms with van der Waals surface area (Å²) in [5.74, 6) is 0. The van der Waals surface area contributed by atoms with Crippen LogP contribution in [0.3, 0.4) is 0 Å². The molecule has 0 bridgehead atoms. The van der Waals surface area contributed by atoms with Crippen molar-refractivity contribution < 1.29 is 4.42 Å². The summed E-state index contributed by atoms with van der Waals surface area (Å²) < 4.78 is 6.76. The maximum Gasteiger partial charge on any atom is 0.143 e. The van der Waals surface area contributed by atoms with E-state index in [1.165, 1.54) is 70.4 Å². The van der Waals surface area contributed by atoms with Gasteiger partial charge in [0.25, 0.3) is 0 Å². The molecule has 12 rings (SSSR count). The molecular weight excluding hydrogens is 679 g/mol. The summed E-state index contributed by atoms with van der Waals surface area (Å²) in [6, 6.07) is 72.9. The van der Waals surface area contributed by atoms with Crippen molar-refractivity contribution in [2.24, 2.45) is 0 Å². The lowest BCUT2D eigenvalue weighted by Crippen LogP contribution is -2.10. The van der Waals surface area contributed by atoms with Gasteiger partial charge in [0, 0.05) is 39.3 Å². The van der Waals surface area contributed by atoms with Crippen LogP contribution in [0.25, 0.3) is 97.7 Å². The Morgan fingerprint density at radius 3 is 1.54 bits per heavy atom. The van der Waals surface area contributed by atoms with Crippen molar-refractivity contribution in [3.8, 4) is 11.1 Å². The first kappa shape index (κ1) is 31.0. The molecule has 2 heteroatoms. The van der Waals surface area contributed by atoms with Gasteiger partial charge in [-0.15, -0.1) is 0 Å². The first-order valence-corrected chi connectivity index (χ1v) is 19.3. The lowest BCUT2D eigenvalue weighted by Gasteiger charge is -2.27. The van der Waals surface area contributed by atoms with E-state index in [0.717, 1.165) is 44.4 Å². The zero-order valence-electron chi connectivity index (χ0n) is 30.4. The first-order chi connectivity index (χ1) is 27.8. The van der Waals surface area contributed by atoms with Gasteiger partial charge in [0.2, 0.25) is 0 Å². The van der Waals surface area contributed by atoms with Crippen LogP contribution in [-0.2, 0) is 0 Å². The number of hydrogen-bond donors (Lipinski definition) is 0. The Hall–Kier alpha value is -7.42. The van der Waals surface area contributed by atoms with E-state index in [9.17, 15) is 0 Å². The van der Waals surface area contributed by atoms with Crippen molar-refractivity contribution in [3.63, 3.8) is 0 Å². The van der Waals surface area contributed by atoms with E-state index in [0.29, 0.717) is 0 Å². The summed E-state index contributed by atoms with van der Waals surface area (Å²) in [5.41, 5.74) is 7.37. The molecule has 0 unspecified atom stereocenters. The third-order valence-electron chi connectivity index (χ3n) is 11.8. The highest BCUT2D eigenvalue weighted by Gasteiger charge is 2.19. The minimum Gasteiger partial charge on any atom is -0.455 e. The number of nitrogens with zero attached hydrogens (tertiary/aromatic N) is 1. The van der Waals surface area contributed by atoms with Gasteiger partial charge in [-0.3, -0.25) is 0 Å². The summed E-state index contributed by atoms with van der Waals surface area (Å²) in [5, 5.41) is 17.1. The smallest absolute Gasteiger partial charge is 0.143 e. The molecule has 0 aliphatic rings. The van der Waals surface area contributed by atoms with Crippen LogP contribution in [0, 0.1) is 0 Å². The third-order valence-corrected chi connectivity index (χ3v) is 11.8. The molecule has 11 aromatic carbocycles. The summed E-state index contributed by atoms with van der Waals surface area (Å²) in [6.07, 6.45) is 0. The quantitative estimate of drug-likeness (QED) is 0.169.